The van der Waals surface area contributed by atoms with Crippen molar-refractivity contribution in [3.05, 3.63) is 22.4 Å². The maximum atomic E-state index is 12.0. The lowest BCUT2D eigenvalue weighted by Crippen LogP contribution is -2.41. The van der Waals surface area contributed by atoms with Crippen molar-refractivity contribution in [2.45, 2.75) is 31.9 Å². The van der Waals surface area contributed by atoms with Gasteiger partial charge in [0.15, 0.2) is 0 Å². The molecule has 0 aromatic carbocycles. The minimum atomic E-state index is 0.0135. The molecule has 1 aromatic rings. The molecular weight excluding hydrogens is 248 g/mol. The number of ether oxygens (including phenoxy) is 1. The Hall–Kier alpha value is -0.910. The number of carbonyl (C=O) groups excluding carboxylic acids is 1. The van der Waals surface area contributed by atoms with Gasteiger partial charge in [0, 0.05) is 18.0 Å². The highest BCUT2D eigenvalue weighted by molar-refractivity contribution is 7.10. The van der Waals surface area contributed by atoms with Gasteiger partial charge in [-0.1, -0.05) is 13.0 Å². The Balaban J connectivity index is 1.82. The van der Waals surface area contributed by atoms with Crippen molar-refractivity contribution in [1.29, 1.82) is 0 Å². The molecule has 2 rings (SSSR count). The molecule has 0 spiro atoms. The monoisotopic (exact) mass is 268 g/mol. The Labute approximate surface area is 112 Å². The molecule has 2 N–H and O–H groups in total. The molecule has 100 valence electrons. The van der Waals surface area contributed by atoms with E-state index in [4.69, 9.17) is 4.74 Å². The molecule has 0 radical (unpaired) electrons. The summed E-state index contributed by atoms with van der Waals surface area (Å²) in [5, 5.41) is 8.35. The maximum absolute atomic E-state index is 12.0. The Morgan fingerprint density at radius 2 is 2.61 bits per heavy atom. The van der Waals surface area contributed by atoms with Crippen molar-refractivity contribution in [3.8, 4) is 0 Å². The van der Waals surface area contributed by atoms with Crippen molar-refractivity contribution in [1.82, 2.24) is 10.6 Å². The molecule has 1 fully saturated rings. The van der Waals surface area contributed by atoms with Crippen LogP contribution in [0.25, 0.3) is 0 Å². The second-order valence-electron chi connectivity index (χ2n) is 4.44. The quantitative estimate of drug-likeness (QED) is 0.854. The number of carbonyl (C=O) groups is 1. The minimum Gasteiger partial charge on any atom is -0.375 e. The molecule has 18 heavy (non-hydrogen) atoms. The zero-order chi connectivity index (χ0) is 12.8. The molecule has 5 heteroatoms. The topological polar surface area (TPSA) is 50.4 Å². The van der Waals surface area contributed by atoms with Gasteiger partial charge in [0.1, 0.15) is 0 Å². The molecule has 0 saturated carbocycles. The van der Waals surface area contributed by atoms with Gasteiger partial charge in [0.05, 0.1) is 25.2 Å². The van der Waals surface area contributed by atoms with Crippen LogP contribution < -0.4 is 10.6 Å². The molecule has 1 aliphatic rings. The molecular formula is C13H20N2O2S. The van der Waals surface area contributed by atoms with Gasteiger partial charge in [0.25, 0.3) is 0 Å². The number of hydrogen-bond acceptors (Lipinski definition) is 4. The van der Waals surface area contributed by atoms with Gasteiger partial charge in [0.2, 0.25) is 5.91 Å². The van der Waals surface area contributed by atoms with Crippen LogP contribution in [0.5, 0.6) is 0 Å². The zero-order valence-electron chi connectivity index (χ0n) is 10.6. The molecule has 1 saturated heterocycles. The average molecular weight is 268 g/mol. The van der Waals surface area contributed by atoms with Crippen LogP contribution in [0.2, 0.25) is 0 Å². The number of amides is 1. The highest BCUT2D eigenvalue weighted by atomic mass is 32.1. The van der Waals surface area contributed by atoms with Gasteiger partial charge in [-0.25, -0.2) is 0 Å². The summed E-state index contributed by atoms with van der Waals surface area (Å²) in [6.07, 6.45) is 1.37. The van der Waals surface area contributed by atoms with Gasteiger partial charge in [-0.2, -0.15) is 0 Å². The van der Waals surface area contributed by atoms with Crippen LogP contribution in [0.15, 0.2) is 17.5 Å². The van der Waals surface area contributed by atoms with Crippen LogP contribution in [0.1, 0.15) is 30.7 Å². The fourth-order valence-electron chi connectivity index (χ4n) is 2.07. The standard InChI is InChI=1S/C13H20N2O2S/c1-2-11(12-4-3-7-18-12)15-13(16)8-10-9-14-5-6-17-10/h3-4,7,10-11,14H,2,5-6,8-9H2,1H3,(H,15,16). The second kappa shape index (κ2) is 6.87. The van der Waals surface area contributed by atoms with Crippen LogP contribution in [-0.2, 0) is 9.53 Å². The fourth-order valence-corrected chi connectivity index (χ4v) is 2.94. The lowest BCUT2D eigenvalue weighted by atomic mass is 10.1. The third-order valence-electron chi connectivity index (χ3n) is 3.05. The number of rotatable bonds is 5. The number of thiophene rings is 1. The molecule has 2 heterocycles. The van der Waals surface area contributed by atoms with Crippen LogP contribution >= 0.6 is 11.3 Å². The van der Waals surface area contributed by atoms with Gasteiger partial charge in [-0.05, 0) is 17.9 Å². The van der Waals surface area contributed by atoms with E-state index in [1.165, 1.54) is 4.88 Å². The summed E-state index contributed by atoms with van der Waals surface area (Å²) >= 11 is 1.69. The molecule has 1 aromatic heterocycles. The molecule has 1 aliphatic heterocycles. The first-order chi connectivity index (χ1) is 8.79. The van der Waals surface area contributed by atoms with E-state index in [-0.39, 0.29) is 18.1 Å². The van der Waals surface area contributed by atoms with Crippen LogP contribution in [-0.4, -0.2) is 31.7 Å². The predicted molar refractivity (Wildman–Crippen MR) is 72.7 cm³/mol. The predicted octanol–water partition coefficient (Wildman–Crippen LogP) is 1.69. The summed E-state index contributed by atoms with van der Waals surface area (Å²) in [6, 6.07) is 4.22. The third-order valence-corrected chi connectivity index (χ3v) is 4.03. The smallest absolute Gasteiger partial charge is 0.223 e. The Bertz CT molecular complexity index is 361. The number of nitrogens with one attached hydrogen (secondary N) is 2. The molecule has 2 atom stereocenters. The number of morpholine rings is 1. The van der Waals surface area contributed by atoms with E-state index < -0.39 is 0 Å². The minimum absolute atomic E-state index is 0.0135. The van der Waals surface area contributed by atoms with E-state index in [2.05, 4.69) is 23.6 Å². The lowest BCUT2D eigenvalue weighted by molar-refractivity contribution is -0.125. The van der Waals surface area contributed by atoms with E-state index in [0.29, 0.717) is 13.0 Å². The molecule has 2 unspecified atom stereocenters. The van der Waals surface area contributed by atoms with E-state index in [0.717, 1.165) is 19.5 Å². The average Bonchev–Trinajstić information content (AvgIpc) is 2.91. The van der Waals surface area contributed by atoms with E-state index in [9.17, 15) is 4.79 Å². The fraction of sp³-hybridized carbons (Fsp3) is 0.615. The van der Waals surface area contributed by atoms with Crippen molar-refractivity contribution < 1.29 is 9.53 Å². The first kappa shape index (κ1) is 13.5. The summed E-state index contributed by atoms with van der Waals surface area (Å²) in [5.74, 6) is 0.0731. The van der Waals surface area contributed by atoms with Gasteiger partial charge in [-0.15, -0.1) is 11.3 Å². The summed E-state index contributed by atoms with van der Waals surface area (Å²) in [5.41, 5.74) is 0. The normalized spacial score (nSPS) is 21.5. The number of hydrogen-bond donors (Lipinski definition) is 2. The van der Waals surface area contributed by atoms with E-state index in [1.807, 2.05) is 11.4 Å². The summed E-state index contributed by atoms with van der Waals surface area (Å²) in [7, 11) is 0. The first-order valence-corrected chi connectivity index (χ1v) is 7.32. The second-order valence-corrected chi connectivity index (χ2v) is 5.42. The van der Waals surface area contributed by atoms with Crippen molar-refractivity contribution in [2.24, 2.45) is 0 Å². The summed E-state index contributed by atoms with van der Waals surface area (Å²) in [4.78, 5) is 13.2. The lowest BCUT2D eigenvalue weighted by Gasteiger charge is -2.24. The highest BCUT2D eigenvalue weighted by Gasteiger charge is 2.19. The largest absolute Gasteiger partial charge is 0.375 e. The van der Waals surface area contributed by atoms with Gasteiger partial charge in [-0.3, -0.25) is 4.79 Å². The Kier molecular flexibility index (Phi) is 5.16. The SMILES string of the molecule is CCC(NC(=O)CC1CNCCO1)c1cccs1. The summed E-state index contributed by atoms with van der Waals surface area (Å²) < 4.78 is 5.53. The van der Waals surface area contributed by atoms with Gasteiger partial charge < -0.3 is 15.4 Å². The third kappa shape index (κ3) is 3.80. The summed E-state index contributed by atoms with van der Waals surface area (Å²) in [6.45, 7) is 4.43. The zero-order valence-corrected chi connectivity index (χ0v) is 11.5. The highest BCUT2D eigenvalue weighted by Crippen LogP contribution is 2.21. The molecule has 0 aliphatic carbocycles. The van der Waals surface area contributed by atoms with E-state index in [1.54, 1.807) is 11.3 Å². The molecule has 1 amide bonds. The molecule has 4 nitrogen and oxygen atoms in total. The Morgan fingerprint density at radius 1 is 1.72 bits per heavy atom. The van der Waals surface area contributed by atoms with Crippen LogP contribution in [0.4, 0.5) is 0 Å². The Morgan fingerprint density at radius 3 is 3.22 bits per heavy atom. The van der Waals surface area contributed by atoms with Crippen molar-refractivity contribution in [3.63, 3.8) is 0 Å². The maximum Gasteiger partial charge on any atom is 0.223 e. The van der Waals surface area contributed by atoms with Crippen LogP contribution in [0, 0.1) is 0 Å². The first-order valence-electron chi connectivity index (χ1n) is 6.44. The van der Waals surface area contributed by atoms with E-state index >= 15 is 0 Å². The van der Waals surface area contributed by atoms with Crippen molar-refractivity contribution in [2.75, 3.05) is 19.7 Å². The molecule has 0 bridgehead atoms. The van der Waals surface area contributed by atoms with Crippen LogP contribution in [0.3, 0.4) is 0 Å². The van der Waals surface area contributed by atoms with Crippen molar-refractivity contribution >= 4 is 17.2 Å². The van der Waals surface area contributed by atoms with Gasteiger partial charge >= 0.3 is 0 Å².